The van der Waals surface area contributed by atoms with Crippen molar-refractivity contribution in [2.75, 3.05) is 6.54 Å². The molecule has 0 aromatic heterocycles. The first-order chi connectivity index (χ1) is 8.72. The van der Waals surface area contributed by atoms with Crippen molar-refractivity contribution in [3.05, 3.63) is 0 Å². The van der Waals surface area contributed by atoms with Crippen molar-refractivity contribution in [2.45, 2.75) is 83.5 Å². The minimum Gasteiger partial charge on any atom is -0.295 e. The van der Waals surface area contributed by atoms with Crippen molar-refractivity contribution in [3.63, 3.8) is 0 Å². The number of hydrogen-bond acceptors (Lipinski definition) is 1. The Morgan fingerprint density at radius 3 is 2.06 bits per heavy atom. The molecule has 1 saturated carbocycles. The van der Waals surface area contributed by atoms with Gasteiger partial charge in [0.15, 0.2) is 0 Å². The minimum atomic E-state index is 0.0807. The molecule has 106 valence electrons. The maximum Gasteiger partial charge on any atom is -0.000989 e. The van der Waals surface area contributed by atoms with Gasteiger partial charge in [-0.15, -0.1) is 0 Å². The van der Waals surface area contributed by atoms with Crippen LogP contribution >= 0.6 is 8.07 Å². The van der Waals surface area contributed by atoms with Crippen LogP contribution in [0.5, 0.6) is 0 Å². The summed E-state index contributed by atoms with van der Waals surface area (Å²) in [5.41, 5.74) is 1.89. The van der Waals surface area contributed by atoms with Gasteiger partial charge in [0.05, 0.1) is 0 Å². The lowest BCUT2D eigenvalue weighted by molar-refractivity contribution is 0.218. The topological polar surface area (TPSA) is 12.0 Å². The van der Waals surface area contributed by atoms with Gasteiger partial charge in [0, 0.05) is 0 Å². The quantitative estimate of drug-likeness (QED) is 0.549. The van der Waals surface area contributed by atoms with Crippen molar-refractivity contribution < 1.29 is 0 Å². The fraction of sp³-hybridized carbons (Fsp3) is 1.00. The number of nitrogens with one attached hydrogen (secondary N) is 1. The Kier molecular flexibility index (Phi) is 5.96. The van der Waals surface area contributed by atoms with E-state index in [-0.39, 0.29) is 8.07 Å². The third kappa shape index (κ3) is 3.70. The van der Waals surface area contributed by atoms with Gasteiger partial charge in [-0.25, -0.2) is 0 Å². The van der Waals surface area contributed by atoms with Gasteiger partial charge in [-0.2, -0.15) is 0 Å². The van der Waals surface area contributed by atoms with Gasteiger partial charge in [0.2, 0.25) is 0 Å². The van der Waals surface area contributed by atoms with Gasteiger partial charge in [-0.3, -0.25) is 5.09 Å². The Labute approximate surface area is 115 Å². The van der Waals surface area contributed by atoms with E-state index < -0.39 is 0 Å². The highest BCUT2D eigenvalue weighted by Crippen LogP contribution is 2.53. The van der Waals surface area contributed by atoms with Crippen molar-refractivity contribution in [2.24, 2.45) is 11.8 Å². The highest BCUT2D eigenvalue weighted by atomic mass is 31.1. The first-order valence-electron chi connectivity index (χ1n) is 8.24. The molecular weight excluding hydrogens is 237 g/mol. The van der Waals surface area contributed by atoms with Crippen molar-refractivity contribution in [1.29, 1.82) is 0 Å². The predicted molar refractivity (Wildman–Crippen MR) is 83.4 cm³/mol. The molecule has 4 unspecified atom stereocenters. The lowest BCUT2D eigenvalue weighted by Crippen LogP contribution is -2.21. The van der Waals surface area contributed by atoms with E-state index in [4.69, 9.17) is 0 Å². The van der Waals surface area contributed by atoms with E-state index in [9.17, 15) is 0 Å². The summed E-state index contributed by atoms with van der Waals surface area (Å²) in [5.74, 6) is 2.13. The van der Waals surface area contributed by atoms with E-state index in [1.54, 1.807) is 0 Å². The zero-order valence-electron chi connectivity index (χ0n) is 12.6. The van der Waals surface area contributed by atoms with Crippen LogP contribution in [0.1, 0.15) is 72.1 Å². The summed E-state index contributed by atoms with van der Waals surface area (Å²) >= 11 is 0. The van der Waals surface area contributed by atoms with Crippen LogP contribution in [0.2, 0.25) is 0 Å². The molecule has 0 radical (unpaired) electrons. The molecule has 1 N–H and O–H groups in total. The highest BCUT2D eigenvalue weighted by Gasteiger charge is 2.36. The molecule has 0 aromatic rings. The van der Waals surface area contributed by atoms with Crippen LogP contribution in [-0.4, -0.2) is 17.9 Å². The van der Waals surface area contributed by atoms with Crippen LogP contribution in [-0.2, 0) is 0 Å². The van der Waals surface area contributed by atoms with Crippen molar-refractivity contribution in [1.82, 2.24) is 5.09 Å². The molecule has 18 heavy (non-hydrogen) atoms. The number of unbranched alkanes of at least 4 members (excludes halogenated alkanes) is 1. The lowest BCUT2D eigenvalue weighted by Gasteiger charge is -2.30. The second-order valence-electron chi connectivity index (χ2n) is 6.64. The molecule has 2 aliphatic rings. The van der Waals surface area contributed by atoms with Crippen LogP contribution in [0.4, 0.5) is 0 Å². The molecule has 2 fully saturated rings. The standard InChI is InChI=1S/C16H32NP/c1-4-5-10-17-18-13(2)11-15-8-6-7-9-16(15)12-14(18)3/h13-17H,4-12H2,1-3H3. The SMILES string of the molecule is CCCCNP1C(C)CC2CCCCC2CC1C. The van der Waals surface area contributed by atoms with Crippen LogP contribution in [0.25, 0.3) is 0 Å². The normalized spacial score (nSPS) is 41.2. The smallest absolute Gasteiger partial charge is 0.000989 e. The monoisotopic (exact) mass is 269 g/mol. The number of fused-ring (bicyclic) bond motifs is 1. The molecule has 0 aromatic carbocycles. The molecule has 1 aliphatic carbocycles. The molecule has 4 atom stereocenters. The van der Waals surface area contributed by atoms with Crippen LogP contribution < -0.4 is 5.09 Å². The van der Waals surface area contributed by atoms with Crippen LogP contribution in [0, 0.1) is 11.8 Å². The van der Waals surface area contributed by atoms with E-state index in [1.807, 2.05) is 0 Å². The van der Waals surface area contributed by atoms with Crippen LogP contribution in [0.3, 0.4) is 0 Å². The average molecular weight is 269 g/mol. The van der Waals surface area contributed by atoms with E-state index in [1.165, 1.54) is 57.9 Å². The van der Waals surface area contributed by atoms with E-state index in [2.05, 4.69) is 25.9 Å². The predicted octanol–water partition coefficient (Wildman–Crippen LogP) is 5.15. The Bertz CT molecular complexity index is 223. The Hall–Kier alpha value is 0.390. The summed E-state index contributed by atoms with van der Waals surface area (Å²) in [6.07, 6.45) is 11.8. The lowest BCUT2D eigenvalue weighted by atomic mass is 9.75. The molecule has 0 spiro atoms. The van der Waals surface area contributed by atoms with Gasteiger partial charge >= 0.3 is 0 Å². The maximum absolute atomic E-state index is 3.94. The first kappa shape index (κ1) is 14.8. The molecule has 1 saturated heterocycles. The fourth-order valence-corrected chi connectivity index (χ4v) is 7.04. The van der Waals surface area contributed by atoms with E-state index >= 15 is 0 Å². The fourth-order valence-electron chi connectivity index (χ4n) is 4.14. The average Bonchev–Trinajstić information content (AvgIpc) is 2.47. The third-order valence-corrected chi connectivity index (χ3v) is 8.04. The zero-order valence-corrected chi connectivity index (χ0v) is 13.5. The summed E-state index contributed by atoms with van der Waals surface area (Å²) in [6, 6.07) is 0. The largest absolute Gasteiger partial charge is 0.295 e. The maximum atomic E-state index is 3.94. The summed E-state index contributed by atoms with van der Waals surface area (Å²) in [7, 11) is 0.0807. The summed E-state index contributed by atoms with van der Waals surface area (Å²) < 4.78 is 0. The Morgan fingerprint density at radius 1 is 1.00 bits per heavy atom. The van der Waals surface area contributed by atoms with Crippen LogP contribution in [0.15, 0.2) is 0 Å². The second kappa shape index (κ2) is 7.25. The van der Waals surface area contributed by atoms with E-state index in [0.717, 1.165) is 23.2 Å². The molecule has 0 amide bonds. The molecular formula is C16H32NP. The summed E-state index contributed by atoms with van der Waals surface area (Å²) in [5, 5.41) is 3.94. The minimum absolute atomic E-state index is 0.0807. The van der Waals surface area contributed by atoms with Crippen molar-refractivity contribution >= 4 is 8.07 Å². The molecule has 1 aliphatic heterocycles. The van der Waals surface area contributed by atoms with Gasteiger partial charge in [0.25, 0.3) is 0 Å². The summed E-state index contributed by atoms with van der Waals surface area (Å²) in [6.45, 7) is 8.60. The van der Waals surface area contributed by atoms with Gasteiger partial charge in [-0.05, 0) is 57.0 Å². The number of hydrogen-bond donors (Lipinski definition) is 1. The van der Waals surface area contributed by atoms with E-state index in [0.29, 0.717) is 0 Å². The van der Waals surface area contributed by atoms with Crippen molar-refractivity contribution in [3.8, 4) is 0 Å². The van der Waals surface area contributed by atoms with Gasteiger partial charge < -0.3 is 0 Å². The molecule has 1 nitrogen and oxygen atoms in total. The van der Waals surface area contributed by atoms with Gasteiger partial charge in [0.1, 0.15) is 0 Å². The highest BCUT2D eigenvalue weighted by molar-refractivity contribution is 7.57. The second-order valence-corrected chi connectivity index (χ2v) is 9.54. The molecule has 0 bridgehead atoms. The zero-order chi connectivity index (χ0) is 13.0. The molecule has 2 rings (SSSR count). The molecule has 1 heterocycles. The van der Waals surface area contributed by atoms with Gasteiger partial charge in [-0.1, -0.05) is 52.9 Å². The number of rotatable bonds is 4. The molecule has 2 heteroatoms. The Morgan fingerprint density at radius 2 is 1.56 bits per heavy atom. The Balaban J connectivity index is 1.93. The first-order valence-corrected chi connectivity index (χ1v) is 9.72. The summed E-state index contributed by atoms with van der Waals surface area (Å²) in [4.78, 5) is 0. The third-order valence-electron chi connectivity index (χ3n) is 5.13.